The molecule has 0 aliphatic carbocycles. The van der Waals surface area contributed by atoms with Gasteiger partial charge >= 0.3 is 11.2 Å². The molecule has 0 saturated carbocycles. The molecule has 118 valence electrons. The molecule has 6 nitrogen and oxygen atoms in total. The maximum absolute atomic E-state index is 13.7. The summed E-state index contributed by atoms with van der Waals surface area (Å²) < 4.78 is 17.4. The molecule has 1 aromatic carbocycles. The molecule has 0 N–H and O–H groups in total. The summed E-state index contributed by atoms with van der Waals surface area (Å²) in [4.78, 5) is 24.7. The summed E-state index contributed by atoms with van der Waals surface area (Å²) in [5, 5.41) is 4.07. The van der Waals surface area contributed by atoms with E-state index >= 15 is 0 Å². The first kappa shape index (κ1) is 15.0. The molecule has 0 amide bonds. The molecule has 0 radical (unpaired) electrons. The predicted molar refractivity (Wildman–Crippen MR) is 84.6 cm³/mol. The van der Waals surface area contributed by atoms with Gasteiger partial charge in [-0.3, -0.25) is 9.36 Å². The lowest BCUT2D eigenvalue weighted by Gasteiger charge is -2.06. The molecule has 0 saturated heterocycles. The van der Waals surface area contributed by atoms with E-state index in [0.717, 1.165) is 0 Å². The zero-order valence-electron chi connectivity index (χ0n) is 12.6. The van der Waals surface area contributed by atoms with Crippen molar-refractivity contribution in [1.82, 2.24) is 18.7 Å². The predicted octanol–water partition coefficient (Wildman–Crippen LogP) is 1.67. The van der Waals surface area contributed by atoms with E-state index in [4.69, 9.17) is 0 Å². The second-order valence-electron chi connectivity index (χ2n) is 5.18. The fourth-order valence-electron chi connectivity index (χ4n) is 2.30. The van der Waals surface area contributed by atoms with Gasteiger partial charge in [-0.15, -0.1) is 11.7 Å². The van der Waals surface area contributed by atoms with E-state index in [0.29, 0.717) is 24.2 Å². The Labute approximate surface area is 130 Å². The van der Waals surface area contributed by atoms with Crippen molar-refractivity contribution in [3.8, 4) is 5.69 Å². The average molecular weight is 314 g/mol. The van der Waals surface area contributed by atoms with Crippen LogP contribution in [-0.2, 0) is 6.54 Å². The standard InChI is InChI=1S/C16H15FN4O2/c1-3-4-7-21-16(23)20-9-8-19(15(22)14(20)18-21)12-6-5-11(2)13(17)10-12/h3,5-6,8-10H,1,4,7H2,2H3. The van der Waals surface area contributed by atoms with Gasteiger partial charge in [0.25, 0.3) is 0 Å². The number of hydrogen-bond donors (Lipinski definition) is 0. The Bertz CT molecular complexity index is 1010. The Morgan fingerprint density at radius 3 is 2.78 bits per heavy atom. The second kappa shape index (κ2) is 5.68. The summed E-state index contributed by atoms with van der Waals surface area (Å²) in [6.45, 7) is 5.59. The molecular weight excluding hydrogens is 299 g/mol. The van der Waals surface area contributed by atoms with Crippen molar-refractivity contribution >= 4 is 5.65 Å². The summed E-state index contributed by atoms with van der Waals surface area (Å²) in [7, 11) is 0. The van der Waals surface area contributed by atoms with Crippen molar-refractivity contribution in [3.05, 3.63) is 75.5 Å². The maximum atomic E-state index is 13.7. The molecule has 3 aromatic rings. The highest BCUT2D eigenvalue weighted by Crippen LogP contribution is 2.12. The summed E-state index contributed by atoms with van der Waals surface area (Å²) >= 11 is 0. The smallest absolute Gasteiger partial charge is 0.279 e. The van der Waals surface area contributed by atoms with Gasteiger partial charge in [0.15, 0.2) is 0 Å². The maximum Gasteiger partial charge on any atom is 0.350 e. The Balaban J connectivity index is 2.19. The molecule has 2 heterocycles. The number of fused-ring (bicyclic) bond motifs is 1. The molecule has 0 atom stereocenters. The quantitative estimate of drug-likeness (QED) is 0.688. The van der Waals surface area contributed by atoms with Gasteiger partial charge in [0.05, 0.1) is 5.69 Å². The molecule has 0 unspecified atom stereocenters. The van der Waals surface area contributed by atoms with E-state index in [2.05, 4.69) is 11.7 Å². The van der Waals surface area contributed by atoms with Crippen LogP contribution in [0.25, 0.3) is 11.3 Å². The largest absolute Gasteiger partial charge is 0.350 e. The van der Waals surface area contributed by atoms with Gasteiger partial charge in [-0.25, -0.2) is 18.3 Å². The molecule has 2 aromatic heterocycles. The fraction of sp³-hybridized carbons (Fsp3) is 0.188. The Morgan fingerprint density at radius 2 is 2.09 bits per heavy atom. The monoisotopic (exact) mass is 314 g/mol. The van der Waals surface area contributed by atoms with Crippen LogP contribution < -0.4 is 11.2 Å². The highest BCUT2D eigenvalue weighted by Gasteiger charge is 2.12. The molecule has 0 aliphatic rings. The lowest BCUT2D eigenvalue weighted by molar-refractivity contribution is 0.601. The lowest BCUT2D eigenvalue weighted by Crippen LogP contribution is -2.24. The molecule has 0 fully saturated rings. The van der Waals surface area contributed by atoms with E-state index < -0.39 is 11.4 Å². The normalized spacial score (nSPS) is 11.0. The molecular formula is C16H15FN4O2. The van der Waals surface area contributed by atoms with Crippen LogP contribution in [0.1, 0.15) is 12.0 Å². The van der Waals surface area contributed by atoms with Gasteiger partial charge < -0.3 is 0 Å². The topological polar surface area (TPSA) is 61.3 Å². The molecule has 0 spiro atoms. The minimum Gasteiger partial charge on any atom is -0.279 e. The zero-order valence-corrected chi connectivity index (χ0v) is 12.6. The Hall–Kier alpha value is -2.96. The third-order valence-electron chi connectivity index (χ3n) is 3.62. The van der Waals surface area contributed by atoms with Crippen molar-refractivity contribution in [3.63, 3.8) is 0 Å². The Morgan fingerprint density at radius 1 is 1.30 bits per heavy atom. The van der Waals surface area contributed by atoms with Gasteiger partial charge in [-0.1, -0.05) is 12.1 Å². The van der Waals surface area contributed by atoms with E-state index in [9.17, 15) is 14.0 Å². The van der Waals surface area contributed by atoms with E-state index in [1.807, 2.05) is 0 Å². The van der Waals surface area contributed by atoms with Crippen LogP contribution >= 0.6 is 0 Å². The molecule has 3 rings (SSSR count). The van der Waals surface area contributed by atoms with Crippen LogP contribution in [0.3, 0.4) is 0 Å². The van der Waals surface area contributed by atoms with Gasteiger partial charge in [0, 0.05) is 18.9 Å². The molecule has 0 aliphatic heterocycles. The summed E-state index contributed by atoms with van der Waals surface area (Å²) in [5.41, 5.74) is 0.00966. The summed E-state index contributed by atoms with van der Waals surface area (Å²) in [6, 6.07) is 4.51. The van der Waals surface area contributed by atoms with Crippen molar-refractivity contribution in [2.45, 2.75) is 19.9 Å². The SMILES string of the molecule is C=CCCn1nc2c(=O)n(-c3ccc(C)c(F)c3)ccn2c1=O. The summed E-state index contributed by atoms with van der Waals surface area (Å²) in [5.74, 6) is -0.400. The van der Waals surface area contributed by atoms with Gasteiger partial charge in [-0.05, 0) is 31.0 Å². The van der Waals surface area contributed by atoms with Gasteiger partial charge in [0.1, 0.15) is 5.82 Å². The van der Waals surface area contributed by atoms with E-state index in [1.165, 1.54) is 32.1 Å². The number of rotatable bonds is 4. The fourth-order valence-corrected chi connectivity index (χ4v) is 2.30. The number of benzene rings is 1. The van der Waals surface area contributed by atoms with Gasteiger partial charge in [-0.2, -0.15) is 0 Å². The van der Waals surface area contributed by atoms with Crippen LogP contribution in [0.2, 0.25) is 0 Å². The second-order valence-corrected chi connectivity index (χ2v) is 5.18. The first-order chi connectivity index (χ1) is 11.0. The minimum absolute atomic E-state index is 0.00236. The van der Waals surface area contributed by atoms with Crippen molar-refractivity contribution in [2.75, 3.05) is 0 Å². The van der Waals surface area contributed by atoms with Gasteiger partial charge in [0.2, 0.25) is 5.65 Å². The summed E-state index contributed by atoms with van der Waals surface area (Å²) in [6.07, 6.45) is 5.12. The first-order valence-corrected chi connectivity index (χ1v) is 7.11. The van der Waals surface area contributed by atoms with E-state index in [-0.39, 0.29) is 11.3 Å². The van der Waals surface area contributed by atoms with E-state index in [1.54, 1.807) is 25.1 Å². The number of aryl methyl sites for hydroxylation is 2. The van der Waals surface area contributed by atoms with Crippen molar-refractivity contribution in [2.24, 2.45) is 0 Å². The first-order valence-electron chi connectivity index (χ1n) is 7.11. The van der Waals surface area contributed by atoms with Crippen LogP contribution in [-0.4, -0.2) is 18.7 Å². The van der Waals surface area contributed by atoms with Crippen LogP contribution in [0, 0.1) is 12.7 Å². The van der Waals surface area contributed by atoms with Crippen molar-refractivity contribution < 1.29 is 4.39 Å². The average Bonchev–Trinajstić information content (AvgIpc) is 2.86. The highest BCUT2D eigenvalue weighted by atomic mass is 19.1. The minimum atomic E-state index is -0.481. The lowest BCUT2D eigenvalue weighted by atomic mass is 10.2. The van der Waals surface area contributed by atoms with Crippen molar-refractivity contribution in [1.29, 1.82) is 0 Å². The third kappa shape index (κ3) is 2.50. The van der Waals surface area contributed by atoms with Crippen LogP contribution in [0.15, 0.2) is 52.8 Å². The molecule has 23 heavy (non-hydrogen) atoms. The number of halogens is 1. The highest BCUT2D eigenvalue weighted by molar-refractivity contribution is 5.41. The third-order valence-corrected chi connectivity index (χ3v) is 3.62. The van der Waals surface area contributed by atoms with Crippen LogP contribution in [0.5, 0.6) is 0 Å². The van der Waals surface area contributed by atoms with Crippen LogP contribution in [0.4, 0.5) is 4.39 Å². The molecule has 7 heteroatoms. The number of aromatic nitrogens is 4. The number of nitrogens with zero attached hydrogens (tertiary/aromatic N) is 4. The Kier molecular flexibility index (Phi) is 3.69. The number of hydrogen-bond acceptors (Lipinski definition) is 3. The molecule has 0 bridgehead atoms. The zero-order chi connectivity index (χ0) is 16.6. The number of allylic oxidation sites excluding steroid dienone is 1.